The number of nitrogens with one attached hydrogen (secondary N) is 2. The van der Waals surface area contributed by atoms with Gasteiger partial charge in [-0.3, -0.25) is 4.79 Å². The number of carbonyl (C=O) groups excluding carboxylic acids is 1. The lowest BCUT2D eigenvalue weighted by molar-refractivity contribution is 0.0943. The Balaban J connectivity index is 1.89. The van der Waals surface area contributed by atoms with Crippen LogP contribution < -0.4 is 10.6 Å². The van der Waals surface area contributed by atoms with E-state index in [4.69, 9.17) is 0 Å². The van der Waals surface area contributed by atoms with Crippen LogP contribution in [-0.2, 0) is 0 Å². The summed E-state index contributed by atoms with van der Waals surface area (Å²) in [6.45, 7) is 2.85. The molecule has 1 aromatic heterocycles. The Morgan fingerprint density at radius 2 is 2.53 bits per heavy atom. The van der Waals surface area contributed by atoms with Crippen molar-refractivity contribution in [2.24, 2.45) is 5.92 Å². The van der Waals surface area contributed by atoms with Crippen LogP contribution in [0.25, 0.3) is 0 Å². The molecule has 1 aliphatic rings. The molecule has 2 N–H and O–H groups in total. The van der Waals surface area contributed by atoms with E-state index in [1.54, 1.807) is 11.8 Å². The second-order valence-corrected chi connectivity index (χ2v) is 5.32. The first-order chi connectivity index (χ1) is 7.31. The van der Waals surface area contributed by atoms with E-state index in [0.717, 1.165) is 29.4 Å². The number of carbonyl (C=O) groups is 1. The van der Waals surface area contributed by atoms with Crippen LogP contribution in [0.3, 0.4) is 0 Å². The first-order valence-electron chi connectivity index (χ1n) is 4.91. The van der Waals surface area contributed by atoms with Crippen molar-refractivity contribution in [2.45, 2.75) is 4.90 Å². The van der Waals surface area contributed by atoms with Gasteiger partial charge in [0.15, 0.2) is 0 Å². The van der Waals surface area contributed by atoms with Gasteiger partial charge in [0.1, 0.15) is 4.88 Å². The summed E-state index contributed by atoms with van der Waals surface area (Å²) in [6.07, 6.45) is 1.99. The van der Waals surface area contributed by atoms with Crippen LogP contribution >= 0.6 is 23.1 Å². The topological polar surface area (TPSA) is 41.1 Å². The van der Waals surface area contributed by atoms with Crippen molar-refractivity contribution < 1.29 is 4.79 Å². The summed E-state index contributed by atoms with van der Waals surface area (Å²) in [5, 5.41) is 8.13. The maximum Gasteiger partial charge on any atom is 0.262 e. The molecule has 1 aromatic rings. The summed E-state index contributed by atoms with van der Waals surface area (Å²) in [4.78, 5) is 13.7. The van der Waals surface area contributed by atoms with Crippen molar-refractivity contribution in [3.05, 3.63) is 16.3 Å². The van der Waals surface area contributed by atoms with E-state index in [1.807, 2.05) is 17.7 Å². The minimum absolute atomic E-state index is 0.0706. The van der Waals surface area contributed by atoms with Crippen LogP contribution in [0.15, 0.2) is 16.3 Å². The highest BCUT2D eigenvalue weighted by Gasteiger charge is 2.19. The minimum Gasteiger partial charge on any atom is -0.351 e. The second kappa shape index (κ2) is 5.01. The summed E-state index contributed by atoms with van der Waals surface area (Å²) in [7, 11) is 0. The molecule has 82 valence electrons. The van der Waals surface area contributed by atoms with Crippen LogP contribution in [-0.4, -0.2) is 31.8 Å². The first kappa shape index (κ1) is 11.0. The van der Waals surface area contributed by atoms with Crippen molar-refractivity contribution in [3.8, 4) is 0 Å². The van der Waals surface area contributed by atoms with Gasteiger partial charge >= 0.3 is 0 Å². The molecule has 15 heavy (non-hydrogen) atoms. The summed E-state index contributed by atoms with van der Waals surface area (Å²) < 4.78 is 0. The maximum absolute atomic E-state index is 11.8. The first-order valence-corrected chi connectivity index (χ1v) is 7.02. The fraction of sp³-hybridized carbons (Fsp3) is 0.500. The van der Waals surface area contributed by atoms with Gasteiger partial charge < -0.3 is 10.6 Å². The number of amides is 1. The Labute approximate surface area is 97.6 Å². The summed E-state index contributed by atoms with van der Waals surface area (Å²) >= 11 is 3.13. The SMILES string of the molecule is CSc1ccsc1C(=O)NCC1CNC1. The third-order valence-electron chi connectivity index (χ3n) is 2.47. The van der Waals surface area contributed by atoms with Gasteiger partial charge in [-0.05, 0) is 17.7 Å². The Morgan fingerprint density at radius 3 is 3.13 bits per heavy atom. The average Bonchev–Trinajstić information content (AvgIpc) is 2.62. The van der Waals surface area contributed by atoms with Gasteiger partial charge in [-0.25, -0.2) is 0 Å². The molecule has 0 aromatic carbocycles. The van der Waals surface area contributed by atoms with Gasteiger partial charge in [0, 0.05) is 30.4 Å². The molecule has 0 spiro atoms. The fourth-order valence-electron chi connectivity index (χ4n) is 1.43. The molecule has 0 atom stereocenters. The van der Waals surface area contributed by atoms with E-state index >= 15 is 0 Å². The van der Waals surface area contributed by atoms with Gasteiger partial charge in [0.05, 0.1) is 0 Å². The maximum atomic E-state index is 11.8. The summed E-state index contributed by atoms with van der Waals surface area (Å²) in [6, 6.07) is 2.00. The molecule has 0 radical (unpaired) electrons. The Morgan fingerprint density at radius 1 is 1.73 bits per heavy atom. The number of hydrogen-bond donors (Lipinski definition) is 2. The Kier molecular flexibility index (Phi) is 3.66. The Bertz CT molecular complexity index is 347. The number of hydrogen-bond acceptors (Lipinski definition) is 4. The van der Waals surface area contributed by atoms with Crippen LogP contribution in [0.1, 0.15) is 9.67 Å². The normalized spacial score (nSPS) is 16.1. The lowest BCUT2D eigenvalue weighted by Gasteiger charge is -2.26. The fourth-order valence-corrected chi connectivity index (χ4v) is 3.10. The number of rotatable bonds is 4. The molecule has 0 saturated carbocycles. The monoisotopic (exact) mass is 242 g/mol. The van der Waals surface area contributed by atoms with Gasteiger partial charge in [0.2, 0.25) is 0 Å². The molecule has 0 bridgehead atoms. The van der Waals surface area contributed by atoms with Gasteiger partial charge in [-0.15, -0.1) is 23.1 Å². The highest BCUT2D eigenvalue weighted by atomic mass is 32.2. The van der Waals surface area contributed by atoms with E-state index in [-0.39, 0.29) is 5.91 Å². The standard InChI is InChI=1S/C10H14N2OS2/c1-14-8-2-3-15-9(8)10(13)12-6-7-4-11-5-7/h2-3,7,11H,4-6H2,1H3,(H,12,13). The van der Waals surface area contributed by atoms with Crippen LogP contribution in [0.2, 0.25) is 0 Å². The zero-order chi connectivity index (χ0) is 10.7. The van der Waals surface area contributed by atoms with E-state index in [9.17, 15) is 4.79 Å². The van der Waals surface area contributed by atoms with E-state index in [2.05, 4.69) is 10.6 Å². The quantitative estimate of drug-likeness (QED) is 0.785. The molecule has 1 amide bonds. The molecular weight excluding hydrogens is 228 g/mol. The zero-order valence-electron chi connectivity index (χ0n) is 8.58. The zero-order valence-corrected chi connectivity index (χ0v) is 10.2. The van der Waals surface area contributed by atoms with Crippen LogP contribution in [0.4, 0.5) is 0 Å². The third kappa shape index (κ3) is 2.53. The molecule has 5 heteroatoms. The molecule has 1 saturated heterocycles. The predicted molar refractivity (Wildman–Crippen MR) is 64.8 cm³/mol. The third-order valence-corrected chi connectivity index (χ3v) is 4.29. The minimum atomic E-state index is 0.0706. The molecule has 2 rings (SSSR count). The van der Waals surface area contributed by atoms with Crippen LogP contribution in [0.5, 0.6) is 0 Å². The van der Waals surface area contributed by atoms with Gasteiger partial charge in [-0.1, -0.05) is 0 Å². The van der Waals surface area contributed by atoms with Crippen molar-refractivity contribution in [1.29, 1.82) is 0 Å². The molecule has 1 aliphatic heterocycles. The molecule has 3 nitrogen and oxygen atoms in total. The lowest BCUT2D eigenvalue weighted by atomic mass is 10.0. The molecule has 2 heterocycles. The van der Waals surface area contributed by atoms with E-state index < -0.39 is 0 Å². The average molecular weight is 242 g/mol. The van der Waals surface area contributed by atoms with E-state index in [1.165, 1.54) is 11.3 Å². The van der Waals surface area contributed by atoms with Gasteiger partial charge in [-0.2, -0.15) is 0 Å². The largest absolute Gasteiger partial charge is 0.351 e. The van der Waals surface area contributed by atoms with Crippen molar-refractivity contribution in [2.75, 3.05) is 25.9 Å². The molecule has 0 aliphatic carbocycles. The smallest absolute Gasteiger partial charge is 0.262 e. The van der Waals surface area contributed by atoms with E-state index in [0.29, 0.717) is 5.92 Å². The molecular formula is C10H14N2OS2. The van der Waals surface area contributed by atoms with Crippen molar-refractivity contribution >= 4 is 29.0 Å². The number of thioether (sulfide) groups is 1. The highest BCUT2D eigenvalue weighted by Crippen LogP contribution is 2.25. The van der Waals surface area contributed by atoms with Gasteiger partial charge in [0.25, 0.3) is 5.91 Å². The number of thiophene rings is 1. The molecule has 0 unspecified atom stereocenters. The van der Waals surface area contributed by atoms with Crippen LogP contribution in [0, 0.1) is 5.92 Å². The highest BCUT2D eigenvalue weighted by molar-refractivity contribution is 7.98. The van der Waals surface area contributed by atoms with Crippen molar-refractivity contribution in [3.63, 3.8) is 0 Å². The second-order valence-electron chi connectivity index (χ2n) is 3.55. The molecule has 1 fully saturated rings. The summed E-state index contributed by atoms with van der Waals surface area (Å²) in [5.74, 6) is 0.688. The lowest BCUT2D eigenvalue weighted by Crippen LogP contribution is -2.48. The predicted octanol–water partition coefficient (Wildman–Crippen LogP) is 1.42. The summed E-state index contributed by atoms with van der Waals surface area (Å²) in [5.41, 5.74) is 0. The van der Waals surface area contributed by atoms with Crippen molar-refractivity contribution in [1.82, 2.24) is 10.6 Å². The Hall–Kier alpha value is -0.520.